The third kappa shape index (κ3) is 2.17. The lowest BCUT2D eigenvalue weighted by atomic mass is 10.0. The molecule has 2 heterocycles. The summed E-state index contributed by atoms with van der Waals surface area (Å²) in [7, 11) is 0. The SMILES string of the molecule is CC.Cc1nc(C)c2c(n1)C(C)(C)OC2. The number of aryl methyl sites for hydroxylation is 2. The van der Waals surface area contributed by atoms with Gasteiger partial charge in [0.1, 0.15) is 11.4 Å². The Labute approximate surface area is 91.9 Å². The normalized spacial score (nSPS) is 16.7. The van der Waals surface area contributed by atoms with Crippen LogP contribution in [0, 0.1) is 13.8 Å². The Hall–Kier alpha value is -0.960. The van der Waals surface area contributed by atoms with Crippen LogP contribution in [-0.2, 0) is 16.9 Å². The Balaban J connectivity index is 0.000000531. The van der Waals surface area contributed by atoms with E-state index in [1.54, 1.807) is 0 Å². The van der Waals surface area contributed by atoms with Crippen molar-refractivity contribution in [3.8, 4) is 0 Å². The van der Waals surface area contributed by atoms with Crippen molar-refractivity contribution in [3.05, 3.63) is 22.8 Å². The zero-order chi connectivity index (χ0) is 11.6. The monoisotopic (exact) mass is 208 g/mol. The Morgan fingerprint density at radius 2 is 1.73 bits per heavy atom. The van der Waals surface area contributed by atoms with Crippen LogP contribution in [0.3, 0.4) is 0 Å². The Morgan fingerprint density at radius 1 is 1.13 bits per heavy atom. The fourth-order valence-electron chi connectivity index (χ4n) is 1.73. The van der Waals surface area contributed by atoms with Gasteiger partial charge in [-0.2, -0.15) is 0 Å². The fraction of sp³-hybridized carbons (Fsp3) is 0.667. The summed E-state index contributed by atoms with van der Waals surface area (Å²) in [5, 5.41) is 0. The number of ether oxygens (including phenoxy) is 1. The molecule has 3 heteroatoms. The number of aromatic nitrogens is 2. The van der Waals surface area contributed by atoms with Crippen LogP contribution in [-0.4, -0.2) is 9.97 Å². The van der Waals surface area contributed by atoms with E-state index in [9.17, 15) is 0 Å². The Kier molecular flexibility index (Phi) is 3.45. The maximum Gasteiger partial charge on any atom is 0.125 e. The fourth-order valence-corrected chi connectivity index (χ4v) is 1.73. The summed E-state index contributed by atoms with van der Waals surface area (Å²) in [5.74, 6) is 0.829. The summed E-state index contributed by atoms with van der Waals surface area (Å²) in [6.07, 6.45) is 0. The van der Waals surface area contributed by atoms with Crippen molar-refractivity contribution in [2.24, 2.45) is 0 Å². The molecule has 0 bridgehead atoms. The lowest BCUT2D eigenvalue weighted by molar-refractivity contribution is -0.0102. The largest absolute Gasteiger partial charge is 0.364 e. The van der Waals surface area contributed by atoms with Gasteiger partial charge >= 0.3 is 0 Å². The van der Waals surface area contributed by atoms with Gasteiger partial charge in [0, 0.05) is 11.3 Å². The number of fused-ring (bicyclic) bond motifs is 1. The molecule has 1 aromatic rings. The molecule has 0 radical (unpaired) electrons. The lowest BCUT2D eigenvalue weighted by Crippen LogP contribution is -2.17. The molecule has 3 nitrogen and oxygen atoms in total. The molecule has 0 aliphatic carbocycles. The van der Waals surface area contributed by atoms with Gasteiger partial charge in [-0.05, 0) is 27.7 Å². The molecule has 0 unspecified atom stereocenters. The molecule has 0 atom stereocenters. The molecule has 0 aromatic carbocycles. The van der Waals surface area contributed by atoms with Crippen LogP contribution in [0.4, 0.5) is 0 Å². The molecule has 84 valence electrons. The summed E-state index contributed by atoms with van der Waals surface area (Å²) in [6.45, 7) is 12.7. The third-order valence-corrected chi connectivity index (χ3v) is 2.47. The van der Waals surface area contributed by atoms with Gasteiger partial charge in [-0.3, -0.25) is 0 Å². The first-order valence-corrected chi connectivity index (χ1v) is 5.49. The molecule has 0 amide bonds. The van der Waals surface area contributed by atoms with Crippen molar-refractivity contribution in [1.82, 2.24) is 9.97 Å². The van der Waals surface area contributed by atoms with E-state index >= 15 is 0 Å². The molecular formula is C12H20N2O. The molecular weight excluding hydrogens is 188 g/mol. The molecule has 0 saturated carbocycles. The number of rotatable bonds is 0. The maximum atomic E-state index is 5.64. The number of hydrogen-bond acceptors (Lipinski definition) is 3. The maximum absolute atomic E-state index is 5.64. The van der Waals surface area contributed by atoms with Crippen molar-refractivity contribution < 1.29 is 4.74 Å². The van der Waals surface area contributed by atoms with Crippen molar-refractivity contribution >= 4 is 0 Å². The van der Waals surface area contributed by atoms with Crippen LogP contribution >= 0.6 is 0 Å². The molecule has 2 rings (SSSR count). The number of nitrogens with zero attached hydrogens (tertiary/aromatic N) is 2. The topological polar surface area (TPSA) is 35.0 Å². The first-order valence-electron chi connectivity index (χ1n) is 5.49. The summed E-state index contributed by atoms with van der Waals surface area (Å²) in [4.78, 5) is 8.75. The minimum atomic E-state index is -0.242. The van der Waals surface area contributed by atoms with Crippen molar-refractivity contribution in [2.75, 3.05) is 0 Å². The zero-order valence-corrected chi connectivity index (χ0v) is 10.5. The molecule has 15 heavy (non-hydrogen) atoms. The molecule has 0 fully saturated rings. The van der Waals surface area contributed by atoms with Crippen LogP contribution in [0.25, 0.3) is 0 Å². The Morgan fingerprint density at radius 3 is 2.33 bits per heavy atom. The van der Waals surface area contributed by atoms with Gasteiger partial charge in [0.2, 0.25) is 0 Å². The van der Waals surface area contributed by atoms with Crippen LogP contribution in [0.5, 0.6) is 0 Å². The zero-order valence-electron chi connectivity index (χ0n) is 10.5. The second-order valence-electron chi connectivity index (χ2n) is 3.98. The van der Waals surface area contributed by atoms with Crippen LogP contribution in [0.2, 0.25) is 0 Å². The summed E-state index contributed by atoms with van der Waals surface area (Å²) in [6, 6.07) is 0. The molecule has 1 aliphatic heterocycles. The van der Waals surface area contributed by atoms with Crippen molar-refractivity contribution in [1.29, 1.82) is 0 Å². The summed E-state index contributed by atoms with van der Waals surface area (Å²) < 4.78 is 5.64. The van der Waals surface area contributed by atoms with E-state index in [2.05, 4.69) is 9.97 Å². The quantitative estimate of drug-likeness (QED) is 0.657. The van der Waals surface area contributed by atoms with Gasteiger partial charge in [-0.1, -0.05) is 13.8 Å². The van der Waals surface area contributed by atoms with Crippen LogP contribution in [0.15, 0.2) is 0 Å². The second-order valence-corrected chi connectivity index (χ2v) is 3.98. The van der Waals surface area contributed by atoms with Gasteiger partial charge in [-0.15, -0.1) is 0 Å². The molecule has 0 spiro atoms. The van der Waals surface area contributed by atoms with Crippen LogP contribution in [0.1, 0.15) is 50.5 Å². The summed E-state index contributed by atoms with van der Waals surface area (Å²) in [5.41, 5.74) is 3.02. The van der Waals surface area contributed by atoms with Gasteiger partial charge in [0.05, 0.1) is 12.3 Å². The highest BCUT2D eigenvalue weighted by Crippen LogP contribution is 2.35. The minimum Gasteiger partial charge on any atom is -0.364 e. The standard InChI is InChI=1S/C10H14N2O.C2H6/c1-6-8-5-13-10(3,4)9(8)12-7(2)11-6;1-2/h5H2,1-4H3;1-2H3. The van der Waals surface area contributed by atoms with E-state index in [1.807, 2.05) is 41.5 Å². The summed E-state index contributed by atoms with van der Waals surface area (Å²) >= 11 is 0. The highest BCUT2D eigenvalue weighted by atomic mass is 16.5. The van der Waals surface area contributed by atoms with E-state index in [4.69, 9.17) is 4.74 Å². The van der Waals surface area contributed by atoms with E-state index in [-0.39, 0.29) is 5.60 Å². The highest BCUT2D eigenvalue weighted by Gasteiger charge is 2.34. The molecule has 1 aliphatic rings. The average Bonchev–Trinajstić information content (AvgIpc) is 2.46. The number of hydrogen-bond donors (Lipinski definition) is 0. The predicted molar refractivity (Wildman–Crippen MR) is 60.7 cm³/mol. The van der Waals surface area contributed by atoms with E-state index in [0.717, 1.165) is 22.8 Å². The third-order valence-electron chi connectivity index (χ3n) is 2.47. The second kappa shape index (κ2) is 4.27. The van der Waals surface area contributed by atoms with Gasteiger partial charge in [-0.25, -0.2) is 9.97 Å². The average molecular weight is 208 g/mol. The van der Waals surface area contributed by atoms with Gasteiger partial charge < -0.3 is 4.74 Å². The van der Waals surface area contributed by atoms with E-state index < -0.39 is 0 Å². The highest BCUT2D eigenvalue weighted by molar-refractivity contribution is 5.31. The van der Waals surface area contributed by atoms with Crippen molar-refractivity contribution in [2.45, 2.75) is 53.8 Å². The van der Waals surface area contributed by atoms with Crippen LogP contribution < -0.4 is 0 Å². The molecule has 0 saturated heterocycles. The van der Waals surface area contributed by atoms with Gasteiger partial charge in [0.25, 0.3) is 0 Å². The first kappa shape index (κ1) is 12.1. The minimum absolute atomic E-state index is 0.242. The first-order chi connectivity index (χ1) is 7.00. The molecule has 1 aromatic heterocycles. The Bertz CT molecular complexity index is 359. The smallest absolute Gasteiger partial charge is 0.125 e. The van der Waals surface area contributed by atoms with E-state index in [1.165, 1.54) is 0 Å². The lowest BCUT2D eigenvalue weighted by Gasteiger charge is -2.17. The predicted octanol–water partition coefficient (Wildman–Crippen LogP) is 2.88. The van der Waals surface area contributed by atoms with Gasteiger partial charge in [0.15, 0.2) is 0 Å². The van der Waals surface area contributed by atoms with Crippen molar-refractivity contribution in [3.63, 3.8) is 0 Å². The molecule has 0 N–H and O–H groups in total. The van der Waals surface area contributed by atoms with E-state index in [0.29, 0.717) is 6.61 Å².